The molecule has 1 atom stereocenters. The van der Waals surface area contributed by atoms with Gasteiger partial charge in [0.25, 0.3) is 0 Å². The summed E-state index contributed by atoms with van der Waals surface area (Å²) in [5, 5.41) is 3.41. The fourth-order valence-corrected chi connectivity index (χ4v) is 2.54. The fourth-order valence-electron chi connectivity index (χ4n) is 2.54. The number of hydrogen-bond donors (Lipinski definition) is 1. The van der Waals surface area contributed by atoms with Gasteiger partial charge in [0.2, 0.25) is 5.91 Å². The second-order valence-corrected chi connectivity index (χ2v) is 5.12. The minimum absolute atomic E-state index is 0.106. The molecule has 3 nitrogen and oxygen atoms in total. The van der Waals surface area contributed by atoms with Gasteiger partial charge in [0.15, 0.2) is 0 Å². The Morgan fingerprint density at radius 2 is 2.06 bits per heavy atom. The smallest absolute Gasteiger partial charge is 0.239 e. The second kappa shape index (κ2) is 5.67. The van der Waals surface area contributed by atoms with E-state index >= 15 is 0 Å². The van der Waals surface area contributed by atoms with Gasteiger partial charge in [-0.05, 0) is 38.6 Å². The maximum Gasteiger partial charge on any atom is 0.239 e. The maximum absolute atomic E-state index is 12.4. The van der Waals surface area contributed by atoms with Crippen molar-refractivity contribution in [3.8, 4) is 0 Å². The number of carbonyl (C=O) groups is 1. The molecule has 0 aromatic carbocycles. The largest absolute Gasteiger partial charge is 0.338 e. The van der Waals surface area contributed by atoms with Crippen LogP contribution >= 0.6 is 0 Å². The lowest BCUT2D eigenvalue weighted by Crippen LogP contribution is -2.47. The number of carbonyl (C=O) groups excluding carboxylic acids is 1. The molecule has 92 valence electrons. The lowest BCUT2D eigenvalue weighted by molar-refractivity contribution is -0.134. The van der Waals surface area contributed by atoms with E-state index in [-0.39, 0.29) is 6.04 Å². The Bertz CT molecular complexity index is 230. The van der Waals surface area contributed by atoms with E-state index in [2.05, 4.69) is 17.1 Å². The first-order chi connectivity index (χ1) is 7.83. The zero-order valence-electron chi connectivity index (χ0n) is 10.4. The second-order valence-electron chi connectivity index (χ2n) is 5.12. The lowest BCUT2D eigenvalue weighted by atomic mass is 10.1. The third-order valence-electron chi connectivity index (χ3n) is 3.59. The van der Waals surface area contributed by atoms with Gasteiger partial charge in [0.05, 0.1) is 6.04 Å². The molecule has 16 heavy (non-hydrogen) atoms. The topological polar surface area (TPSA) is 32.3 Å². The summed E-state index contributed by atoms with van der Waals surface area (Å²) < 4.78 is 0. The molecule has 1 N–H and O–H groups in total. The van der Waals surface area contributed by atoms with E-state index in [9.17, 15) is 4.79 Å². The number of rotatable bonds is 4. The molecule has 2 aliphatic rings. The van der Waals surface area contributed by atoms with Crippen molar-refractivity contribution in [2.45, 2.75) is 64.0 Å². The molecule has 0 bridgehead atoms. The van der Waals surface area contributed by atoms with Crippen LogP contribution in [0.1, 0.15) is 51.9 Å². The van der Waals surface area contributed by atoms with Crippen LogP contribution in [0.4, 0.5) is 0 Å². The molecule has 1 saturated carbocycles. The van der Waals surface area contributed by atoms with Crippen LogP contribution in [0.25, 0.3) is 0 Å². The molecular formula is C13H24N2O. The maximum atomic E-state index is 12.4. The molecule has 0 spiro atoms. The predicted molar refractivity (Wildman–Crippen MR) is 65.3 cm³/mol. The van der Waals surface area contributed by atoms with Crippen molar-refractivity contribution < 1.29 is 4.79 Å². The first kappa shape index (κ1) is 11.9. The highest BCUT2D eigenvalue weighted by Crippen LogP contribution is 2.28. The van der Waals surface area contributed by atoms with Gasteiger partial charge < -0.3 is 10.2 Å². The Morgan fingerprint density at radius 3 is 2.75 bits per heavy atom. The molecule has 1 heterocycles. The van der Waals surface area contributed by atoms with Crippen LogP contribution in [0, 0.1) is 0 Å². The average Bonchev–Trinajstić information content (AvgIpc) is 3.10. The van der Waals surface area contributed by atoms with Gasteiger partial charge in [0, 0.05) is 12.6 Å². The molecule has 2 fully saturated rings. The van der Waals surface area contributed by atoms with E-state index in [1.54, 1.807) is 0 Å². The third-order valence-corrected chi connectivity index (χ3v) is 3.59. The first-order valence-corrected chi connectivity index (χ1v) is 6.86. The number of amides is 1. The van der Waals surface area contributed by atoms with Crippen LogP contribution in [0.2, 0.25) is 0 Å². The first-order valence-electron chi connectivity index (χ1n) is 6.86. The molecule has 2 rings (SSSR count). The average molecular weight is 224 g/mol. The Kier molecular flexibility index (Phi) is 4.22. The van der Waals surface area contributed by atoms with E-state index in [0.717, 1.165) is 25.9 Å². The molecule has 0 aromatic rings. The summed E-state index contributed by atoms with van der Waals surface area (Å²) in [5.41, 5.74) is 0. The number of nitrogens with one attached hydrogen (secondary N) is 1. The van der Waals surface area contributed by atoms with E-state index in [0.29, 0.717) is 11.9 Å². The molecular weight excluding hydrogens is 200 g/mol. The van der Waals surface area contributed by atoms with Crippen LogP contribution < -0.4 is 5.32 Å². The highest BCUT2D eigenvalue weighted by Gasteiger charge is 2.35. The highest BCUT2D eigenvalue weighted by molar-refractivity contribution is 5.82. The summed E-state index contributed by atoms with van der Waals surface area (Å²) in [4.78, 5) is 14.5. The minimum Gasteiger partial charge on any atom is -0.338 e. The Morgan fingerprint density at radius 1 is 1.25 bits per heavy atom. The van der Waals surface area contributed by atoms with Gasteiger partial charge in [-0.2, -0.15) is 0 Å². The summed E-state index contributed by atoms with van der Waals surface area (Å²) in [6.07, 6.45) is 8.25. The zero-order valence-corrected chi connectivity index (χ0v) is 10.4. The van der Waals surface area contributed by atoms with Crippen LogP contribution in [-0.4, -0.2) is 36.0 Å². The summed E-state index contributed by atoms with van der Waals surface area (Å²) in [6, 6.07) is 0.673. The van der Waals surface area contributed by atoms with Crippen molar-refractivity contribution >= 4 is 5.91 Å². The van der Waals surface area contributed by atoms with Gasteiger partial charge in [-0.25, -0.2) is 0 Å². The molecule has 0 aromatic heterocycles. The molecule has 1 aliphatic carbocycles. The van der Waals surface area contributed by atoms with E-state index in [4.69, 9.17) is 0 Å². The monoisotopic (exact) mass is 224 g/mol. The van der Waals surface area contributed by atoms with Gasteiger partial charge >= 0.3 is 0 Å². The van der Waals surface area contributed by atoms with Crippen LogP contribution in [0.5, 0.6) is 0 Å². The molecule has 3 heteroatoms. The Labute approximate surface area is 98.6 Å². The van der Waals surface area contributed by atoms with Gasteiger partial charge in [-0.3, -0.25) is 4.79 Å². The zero-order chi connectivity index (χ0) is 11.4. The number of nitrogens with zero attached hydrogens (tertiary/aromatic N) is 1. The standard InChI is InChI=1S/C13H24N2O/c1-2-10-15(11-7-8-11)13(16)12-6-4-3-5-9-14-12/h11-12,14H,2-10H2,1H3. The Balaban J connectivity index is 1.91. The van der Waals surface area contributed by atoms with Gasteiger partial charge in [-0.1, -0.05) is 19.8 Å². The van der Waals surface area contributed by atoms with E-state index in [1.165, 1.54) is 32.1 Å². The Hall–Kier alpha value is -0.570. The van der Waals surface area contributed by atoms with Crippen molar-refractivity contribution in [1.29, 1.82) is 0 Å². The summed E-state index contributed by atoms with van der Waals surface area (Å²) in [5.74, 6) is 0.367. The van der Waals surface area contributed by atoms with Crippen molar-refractivity contribution in [3.63, 3.8) is 0 Å². The summed E-state index contributed by atoms with van der Waals surface area (Å²) in [7, 11) is 0. The minimum atomic E-state index is 0.106. The molecule has 1 saturated heterocycles. The van der Waals surface area contributed by atoms with E-state index < -0.39 is 0 Å². The summed E-state index contributed by atoms with van der Waals surface area (Å²) in [6.45, 7) is 4.12. The molecule has 1 amide bonds. The lowest BCUT2D eigenvalue weighted by Gasteiger charge is -2.27. The number of hydrogen-bond acceptors (Lipinski definition) is 2. The van der Waals surface area contributed by atoms with Crippen LogP contribution in [0.3, 0.4) is 0 Å². The van der Waals surface area contributed by atoms with Crippen molar-refractivity contribution in [2.75, 3.05) is 13.1 Å². The van der Waals surface area contributed by atoms with Crippen LogP contribution in [0.15, 0.2) is 0 Å². The quantitative estimate of drug-likeness (QED) is 0.791. The van der Waals surface area contributed by atoms with Crippen molar-refractivity contribution in [3.05, 3.63) is 0 Å². The molecule has 1 aliphatic heterocycles. The van der Waals surface area contributed by atoms with Crippen molar-refractivity contribution in [2.24, 2.45) is 0 Å². The molecule has 1 unspecified atom stereocenters. The van der Waals surface area contributed by atoms with Crippen LogP contribution in [-0.2, 0) is 4.79 Å². The predicted octanol–water partition coefficient (Wildman–Crippen LogP) is 1.92. The van der Waals surface area contributed by atoms with Gasteiger partial charge in [0.1, 0.15) is 0 Å². The molecule has 0 radical (unpaired) electrons. The van der Waals surface area contributed by atoms with Crippen molar-refractivity contribution in [1.82, 2.24) is 10.2 Å². The summed E-state index contributed by atoms with van der Waals surface area (Å²) >= 11 is 0. The SMILES string of the molecule is CCCN(C(=O)C1CCCCCN1)C1CC1. The highest BCUT2D eigenvalue weighted by atomic mass is 16.2. The van der Waals surface area contributed by atoms with E-state index in [1.807, 2.05) is 0 Å². The fraction of sp³-hybridized carbons (Fsp3) is 0.923. The van der Waals surface area contributed by atoms with Gasteiger partial charge in [-0.15, -0.1) is 0 Å². The third kappa shape index (κ3) is 2.97. The normalized spacial score (nSPS) is 26.2.